The van der Waals surface area contributed by atoms with Gasteiger partial charge in [0.25, 0.3) is 0 Å². The molecule has 0 N–H and O–H groups in total. The fourth-order valence-corrected chi connectivity index (χ4v) is 13.5. The van der Waals surface area contributed by atoms with Crippen LogP contribution in [-0.4, -0.2) is 20.3 Å². The summed E-state index contributed by atoms with van der Waals surface area (Å²) in [6.07, 6.45) is 30.4. The Morgan fingerprint density at radius 3 is 0.913 bits per heavy atom. The lowest BCUT2D eigenvalue weighted by atomic mass is 9.77. The van der Waals surface area contributed by atoms with Gasteiger partial charge in [-0.1, -0.05) is 237 Å². The van der Waals surface area contributed by atoms with Gasteiger partial charge >= 0.3 is 0 Å². The minimum Gasteiger partial charge on any atom is -0.496 e. The molecule has 0 radical (unpaired) electrons. The molecule has 3 nitrogen and oxygen atoms in total. The molecule has 0 unspecified atom stereocenters. The van der Waals surface area contributed by atoms with Crippen LogP contribution in [0, 0.1) is 132 Å². The lowest BCUT2D eigenvalue weighted by molar-refractivity contribution is 0.297. The van der Waals surface area contributed by atoms with E-state index in [9.17, 15) is 0 Å². The number of hydrogen-bond acceptors (Lipinski definition) is 3. The fraction of sp³-hybridized carbons (Fsp3) is 0.520. The summed E-state index contributed by atoms with van der Waals surface area (Å²) in [5, 5.41) is 0. The third kappa shape index (κ3) is 34.8. The van der Waals surface area contributed by atoms with Gasteiger partial charge in [0, 0.05) is 0 Å². The lowest BCUT2D eigenvalue weighted by Gasteiger charge is -2.28. The molecular weight excluding hydrogens is 1250 g/mol. The minimum atomic E-state index is 0.798. The van der Waals surface area contributed by atoms with Gasteiger partial charge < -0.3 is 14.2 Å². The van der Waals surface area contributed by atoms with E-state index in [2.05, 4.69) is 281 Å². The van der Waals surface area contributed by atoms with Crippen LogP contribution in [-0.2, 0) is 19.3 Å². The van der Waals surface area contributed by atoms with E-state index in [1.807, 2.05) is 13.0 Å². The summed E-state index contributed by atoms with van der Waals surface area (Å²) in [5.74, 6) is 4.65. The van der Waals surface area contributed by atoms with Crippen LogP contribution in [0.15, 0.2) is 127 Å². The molecule has 10 rings (SSSR count). The van der Waals surface area contributed by atoms with Gasteiger partial charge in [0.05, 0.1) is 20.3 Å². The Bertz CT molecular complexity index is 3470. The van der Waals surface area contributed by atoms with Crippen LogP contribution < -0.4 is 14.2 Å². The quantitative estimate of drug-likeness (QED) is 0.0712. The van der Waals surface area contributed by atoms with Crippen molar-refractivity contribution in [3.63, 3.8) is 0 Å². The van der Waals surface area contributed by atoms with Crippen molar-refractivity contribution in [1.82, 2.24) is 0 Å². The van der Waals surface area contributed by atoms with Crippen molar-refractivity contribution < 1.29 is 14.2 Å². The van der Waals surface area contributed by atoms with Crippen LogP contribution in [0.4, 0.5) is 0 Å². The van der Waals surface area contributed by atoms with Crippen molar-refractivity contribution in [2.75, 3.05) is 20.3 Å². The predicted octanol–water partition coefficient (Wildman–Crippen LogP) is 29.8. The molecule has 2 aliphatic carbocycles. The summed E-state index contributed by atoms with van der Waals surface area (Å²) in [4.78, 5) is 0. The highest BCUT2D eigenvalue weighted by molar-refractivity contribution is 5.46. The molecule has 2 saturated carbocycles. The average Bonchev–Trinajstić information content (AvgIpc) is 0.805. The first-order chi connectivity index (χ1) is 49.2. The first-order valence-corrected chi connectivity index (χ1v) is 40.6. The van der Waals surface area contributed by atoms with Crippen LogP contribution in [0.2, 0.25) is 0 Å². The second-order valence-electron chi connectivity index (χ2n) is 30.7. The summed E-state index contributed by atoms with van der Waals surface area (Å²) < 4.78 is 16.7. The van der Waals surface area contributed by atoms with Crippen molar-refractivity contribution in [3.8, 4) is 17.2 Å². The summed E-state index contributed by atoms with van der Waals surface area (Å²) in [5.41, 5.74) is 34.0. The summed E-state index contributed by atoms with van der Waals surface area (Å²) in [7, 11) is 1.70. The zero-order valence-corrected chi connectivity index (χ0v) is 70.7. The summed E-state index contributed by atoms with van der Waals surface area (Å²) in [6, 6.07) is 46.5. The maximum Gasteiger partial charge on any atom is 0.122 e. The van der Waals surface area contributed by atoms with Gasteiger partial charge in [-0.3, -0.25) is 0 Å². The van der Waals surface area contributed by atoms with Gasteiger partial charge in [-0.2, -0.15) is 0 Å². The van der Waals surface area contributed by atoms with Crippen LogP contribution >= 0.6 is 0 Å². The monoisotopic (exact) mass is 1400 g/mol. The van der Waals surface area contributed by atoms with Gasteiger partial charge in [-0.25, -0.2) is 0 Å². The van der Waals surface area contributed by atoms with E-state index < -0.39 is 0 Å². The van der Waals surface area contributed by atoms with Crippen molar-refractivity contribution in [1.29, 1.82) is 0 Å². The third-order valence-electron chi connectivity index (χ3n) is 21.0. The van der Waals surface area contributed by atoms with E-state index in [1.54, 1.807) is 40.5 Å². The zero-order valence-electron chi connectivity index (χ0n) is 70.7. The Labute approximate surface area is 634 Å². The Balaban J connectivity index is 0.000000312. The molecule has 2 fully saturated rings. The average molecular weight is 1400 g/mol. The second-order valence-corrected chi connectivity index (χ2v) is 30.7. The van der Waals surface area contributed by atoms with E-state index in [1.165, 1.54) is 211 Å². The Kier molecular flexibility index (Phi) is 44.4. The molecule has 0 atom stereocenters. The van der Waals surface area contributed by atoms with Crippen molar-refractivity contribution in [2.24, 2.45) is 0 Å². The van der Waals surface area contributed by atoms with Gasteiger partial charge in [-0.05, 0) is 350 Å². The molecule has 0 heterocycles. The van der Waals surface area contributed by atoms with E-state index in [4.69, 9.17) is 14.2 Å². The third-order valence-corrected chi connectivity index (χ3v) is 21.0. The molecular formula is C100H148O3. The minimum absolute atomic E-state index is 0.798. The number of ether oxygens (including phenoxy) is 3. The molecule has 8 aromatic rings. The number of benzene rings is 8. The normalized spacial score (nSPS) is 12.4. The number of hydrogen-bond donors (Lipinski definition) is 0. The highest BCUT2D eigenvalue weighted by Gasteiger charge is 2.22. The Hall–Kier alpha value is -6.84. The number of aryl methyl sites for hydroxylation is 22. The molecule has 0 spiro atoms. The van der Waals surface area contributed by atoms with Gasteiger partial charge in [-0.15, -0.1) is 0 Å². The van der Waals surface area contributed by atoms with Crippen LogP contribution in [0.3, 0.4) is 0 Å². The molecule has 8 aromatic carbocycles. The van der Waals surface area contributed by atoms with E-state index in [-0.39, 0.29) is 0 Å². The highest BCUT2D eigenvalue weighted by Crippen LogP contribution is 2.40. The van der Waals surface area contributed by atoms with Crippen LogP contribution in [0.5, 0.6) is 17.2 Å². The number of unbranched alkanes of at least 4 members (excludes halogenated alkanes) is 5. The molecule has 0 aliphatic heterocycles. The predicted molar refractivity (Wildman–Crippen MR) is 456 cm³/mol. The van der Waals surface area contributed by atoms with E-state index >= 15 is 0 Å². The van der Waals surface area contributed by atoms with Gasteiger partial charge in [0.1, 0.15) is 17.2 Å². The maximum absolute atomic E-state index is 5.78. The first-order valence-electron chi connectivity index (χ1n) is 40.6. The van der Waals surface area contributed by atoms with Gasteiger partial charge in [0.2, 0.25) is 0 Å². The summed E-state index contributed by atoms with van der Waals surface area (Å²) >= 11 is 0. The molecule has 566 valence electrons. The van der Waals surface area contributed by atoms with Crippen LogP contribution in [0.25, 0.3) is 0 Å². The Morgan fingerprint density at radius 2 is 0.573 bits per heavy atom. The summed E-state index contributed by atoms with van der Waals surface area (Å²) in [6.45, 7) is 53.8. The smallest absolute Gasteiger partial charge is 0.122 e. The van der Waals surface area contributed by atoms with Crippen LogP contribution in [0.1, 0.15) is 308 Å². The maximum atomic E-state index is 5.78. The standard InChI is InChI=1S/C20H30.C16H26O2.C16H26.C12H18.C10H14.C9H12O.C9H12.C8H10/c1-15-13-20(18-11-7-4-8-12-18)16(2)14-19(15)17-9-5-3-6-10-17;1-5-7-9-17-15-11-14(4)16(12-13(15)3)18-10-8-6-2;1-5-7-9-15-11-14(4)16(10-8-6-2)12-13(15)3;1-4-5-6-12-9-10(2)7-8-11(12)3;1-7-5-9(3)10(4)6-8(7)2;1-7-4-5-8(2)9(6-7)10-3;1-7-4-5-8(2)9(3)6-7;1-7-3-5-8(2)6-4-7/h13-14,17-18H,3-12H2,1-2H3;11-12H,5-10H2,1-4H3;11-12H,5-10H2,1-4H3;7-9H,4-6H2,1-3H3;5-6H,1-4H3;4-6H,1-3H3;4-6H,1-3H3;3-6H,1-2H3. The first kappa shape index (κ1) is 90.4. The number of methoxy groups -OCH3 is 1. The SMILES string of the molecule is CCCCOc1cc(C)c(OCCCC)cc1C.CCCCc1cc(C)c(CCCC)cc1C.CCCCc1cc(C)ccc1C.COc1cc(C)ccc1C.Cc1cc(C)c(C)cc1C.Cc1cc(C2CCCCC2)c(C)cc1C1CCCCC1.Cc1ccc(C)c(C)c1.Cc1ccc(C)cc1. The molecule has 0 saturated heterocycles. The molecule has 3 heteroatoms. The van der Waals surface area contributed by atoms with Crippen molar-refractivity contribution in [2.45, 2.75) is 326 Å². The number of rotatable bonds is 20. The second kappa shape index (κ2) is 50.6. The Morgan fingerprint density at radius 1 is 0.252 bits per heavy atom. The molecule has 0 bridgehead atoms. The fourth-order valence-electron chi connectivity index (χ4n) is 13.5. The molecule has 0 aromatic heterocycles. The lowest BCUT2D eigenvalue weighted by Crippen LogP contribution is -2.10. The molecule has 2 aliphatic rings. The van der Waals surface area contributed by atoms with E-state index in [0.717, 1.165) is 79.1 Å². The van der Waals surface area contributed by atoms with E-state index in [0.29, 0.717) is 0 Å². The molecule has 103 heavy (non-hydrogen) atoms. The highest BCUT2D eigenvalue weighted by atomic mass is 16.5. The van der Waals surface area contributed by atoms with Crippen molar-refractivity contribution in [3.05, 3.63) is 261 Å². The van der Waals surface area contributed by atoms with Gasteiger partial charge in [0.15, 0.2) is 0 Å². The van der Waals surface area contributed by atoms with Crippen molar-refractivity contribution >= 4 is 0 Å². The zero-order chi connectivity index (χ0) is 76.4. The topological polar surface area (TPSA) is 27.7 Å². The largest absolute Gasteiger partial charge is 0.496 e. The molecule has 0 amide bonds.